The summed E-state index contributed by atoms with van der Waals surface area (Å²) in [4.78, 5) is 2.37. The smallest absolute Gasteiger partial charge is 0.178 e. The van der Waals surface area contributed by atoms with E-state index in [1.165, 1.54) is 27.8 Å². The third-order valence-electron chi connectivity index (χ3n) is 12.4. The number of hydrogen-bond acceptors (Lipinski definition) is 4. The van der Waals surface area contributed by atoms with Crippen molar-refractivity contribution in [1.82, 2.24) is 0 Å². The number of anilines is 2. The SMILES string of the molecule is C1=C2Oc3ccccc3C2CC=C1N(c1ccc(C2(c3ccccc3)c3ccccc3-c3c2ccc2c3Oc3ccccc3O2)cc1)c1cccc(-c2ccccc2)c1. The van der Waals surface area contributed by atoms with Gasteiger partial charge in [-0.25, -0.2) is 0 Å². The van der Waals surface area contributed by atoms with Crippen LogP contribution in [0.1, 0.15) is 40.2 Å². The molecule has 0 bridgehead atoms. The molecule has 2 unspecified atom stereocenters. The summed E-state index contributed by atoms with van der Waals surface area (Å²) in [5.74, 6) is 5.06. The van der Waals surface area contributed by atoms with Gasteiger partial charge in [0, 0.05) is 40.2 Å². The molecule has 2 aliphatic heterocycles. The Morgan fingerprint density at radius 3 is 1.98 bits per heavy atom. The second-order valence-electron chi connectivity index (χ2n) is 15.5. The van der Waals surface area contributed by atoms with E-state index in [1.54, 1.807) is 0 Å². The summed E-state index contributed by atoms with van der Waals surface area (Å²) >= 11 is 0. The summed E-state index contributed by atoms with van der Waals surface area (Å²) in [5, 5.41) is 0. The highest BCUT2D eigenvalue weighted by molar-refractivity contribution is 5.92. The highest BCUT2D eigenvalue weighted by Crippen LogP contribution is 2.62. The maximum atomic E-state index is 6.75. The number of nitrogens with zero attached hydrogens (tertiary/aromatic N) is 1. The molecule has 8 aromatic carbocycles. The minimum absolute atomic E-state index is 0.219. The highest BCUT2D eigenvalue weighted by atomic mass is 16.6. The summed E-state index contributed by atoms with van der Waals surface area (Å²) in [7, 11) is 0. The van der Waals surface area contributed by atoms with Crippen LogP contribution < -0.4 is 19.1 Å². The number of hydrogen-bond donors (Lipinski definition) is 0. The van der Waals surface area contributed by atoms with Crippen LogP contribution in [-0.2, 0) is 5.41 Å². The van der Waals surface area contributed by atoms with Crippen LogP contribution >= 0.6 is 0 Å². The van der Waals surface area contributed by atoms with Crippen molar-refractivity contribution in [2.45, 2.75) is 17.8 Å². The van der Waals surface area contributed by atoms with Gasteiger partial charge in [-0.2, -0.15) is 0 Å². The zero-order chi connectivity index (χ0) is 38.9. The monoisotopic (exact) mass is 759 g/mol. The van der Waals surface area contributed by atoms with E-state index in [9.17, 15) is 0 Å². The van der Waals surface area contributed by atoms with Crippen LogP contribution in [0, 0.1) is 0 Å². The molecule has 12 rings (SSSR count). The normalized spacial score (nSPS) is 17.6. The third-order valence-corrected chi connectivity index (χ3v) is 12.4. The first-order valence-corrected chi connectivity index (χ1v) is 20.3. The Kier molecular flexibility index (Phi) is 7.54. The molecule has 0 aromatic heterocycles. The van der Waals surface area contributed by atoms with Gasteiger partial charge in [0.05, 0.1) is 5.41 Å². The number of rotatable bonds is 6. The first-order chi connectivity index (χ1) is 29.2. The van der Waals surface area contributed by atoms with Gasteiger partial charge in [-0.15, -0.1) is 0 Å². The molecule has 0 spiro atoms. The van der Waals surface area contributed by atoms with Gasteiger partial charge in [-0.3, -0.25) is 0 Å². The molecule has 4 nitrogen and oxygen atoms in total. The van der Waals surface area contributed by atoms with E-state index in [1.807, 2.05) is 30.3 Å². The predicted octanol–water partition coefficient (Wildman–Crippen LogP) is 14.1. The molecule has 0 N–H and O–H groups in total. The van der Waals surface area contributed by atoms with Crippen molar-refractivity contribution in [3.63, 3.8) is 0 Å². The van der Waals surface area contributed by atoms with E-state index < -0.39 is 5.41 Å². The predicted molar refractivity (Wildman–Crippen MR) is 235 cm³/mol. The average molecular weight is 760 g/mol. The van der Waals surface area contributed by atoms with Crippen LogP contribution in [0.5, 0.6) is 28.7 Å². The lowest BCUT2D eigenvalue weighted by Crippen LogP contribution is -2.28. The minimum atomic E-state index is -0.623. The molecular formula is C55H37NO3. The van der Waals surface area contributed by atoms with E-state index in [-0.39, 0.29) is 5.92 Å². The Balaban J connectivity index is 1.02. The second kappa shape index (κ2) is 13.3. The summed E-state index contributed by atoms with van der Waals surface area (Å²) in [6.45, 7) is 0. The van der Waals surface area contributed by atoms with Gasteiger partial charge in [-0.1, -0.05) is 152 Å². The van der Waals surface area contributed by atoms with E-state index in [0.29, 0.717) is 5.75 Å². The Morgan fingerprint density at radius 2 is 1.15 bits per heavy atom. The molecular weight excluding hydrogens is 723 g/mol. The molecule has 4 heteroatoms. The molecule has 0 amide bonds. The van der Waals surface area contributed by atoms with Crippen molar-refractivity contribution in [3.05, 3.63) is 246 Å². The Morgan fingerprint density at radius 1 is 0.475 bits per heavy atom. The van der Waals surface area contributed by atoms with Crippen LogP contribution in [0.4, 0.5) is 11.4 Å². The van der Waals surface area contributed by atoms with Crippen molar-refractivity contribution < 1.29 is 14.2 Å². The van der Waals surface area contributed by atoms with Gasteiger partial charge >= 0.3 is 0 Å². The number of ether oxygens (including phenoxy) is 3. The third kappa shape index (κ3) is 5.16. The fourth-order valence-corrected chi connectivity index (χ4v) is 9.77. The number of para-hydroxylation sites is 3. The number of fused-ring (bicyclic) bond motifs is 9. The van der Waals surface area contributed by atoms with Crippen LogP contribution in [0.3, 0.4) is 0 Å². The molecule has 0 fully saturated rings. The zero-order valence-corrected chi connectivity index (χ0v) is 32.1. The van der Waals surface area contributed by atoms with Crippen LogP contribution in [-0.4, -0.2) is 0 Å². The van der Waals surface area contributed by atoms with Crippen LogP contribution in [0.25, 0.3) is 22.3 Å². The first-order valence-electron chi connectivity index (χ1n) is 20.3. The van der Waals surface area contributed by atoms with Crippen molar-refractivity contribution in [2.75, 3.05) is 4.90 Å². The lowest BCUT2D eigenvalue weighted by Gasteiger charge is -2.35. The van der Waals surface area contributed by atoms with E-state index >= 15 is 0 Å². The summed E-state index contributed by atoms with van der Waals surface area (Å²) < 4.78 is 19.7. The van der Waals surface area contributed by atoms with Crippen LogP contribution in [0.15, 0.2) is 218 Å². The van der Waals surface area contributed by atoms with Gasteiger partial charge < -0.3 is 19.1 Å². The number of allylic oxidation sites excluding steroid dienone is 3. The molecule has 2 heterocycles. The second-order valence-corrected chi connectivity index (χ2v) is 15.5. The van der Waals surface area contributed by atoms with Gasteiger partial charge in [0.15, 0.2) is 23.0 Å². The maximum absolute atomic E-state index is 6.75. The highest BCUT2D eigenvalue weighted by Gasteiger charge is 2.48. The fraction of sp³-hybridized carbons (Fsp3) is 0.0545. The molecule has 280 valence electrons. The molecule has 0 saturated heterocycles. The van der Waals surface area contributed by atoms with E-state index in [0.717, 1.165) is 74.5 Å². The first kappa shape index (κ1) is 33.6. The molecule has 2 atom stereocenters. The average Bonchev–Trinajstić information content (AvgIpc) is 3.83. The van der Waals surface area contributed by atoms with E-state index in [4.69, 9.17) is 14.2 Å². The Hall–Kier alpha value is -7.56. The molecule has 2 aliphatic carbocycles. The molecule has 8 aromatic rings. The Bertz CT molecular complexity index is 3000. The van der Waals surface area contributed by atoms with Crippen molar-refractivity contribution >= 4 is 11.4 Å². The van der Waals surface area contributed by atoms with Gasteiger partial charge in [0.1, 0.15) is 11.5 Å². The summed E-state index contributed by atoms with van der Waals surface area (Å²) in [6, 6.07) is 68.9. The largest absolute Gasteiger partial charge is 0.461 e. The molecule has 4 aliphatic rings. The van der Waals surface area contributed by atoms with Crippen LogP contribution in [0.2, 0.25) is 0 Å². The molecule has 0 saturated carbocycles. The van der Waals surface area contributed by atoms with Gasteiger partial charge in [0.25, 0.3) is 0 Å². The van der Waals surface area contributed by atoms with Crippen molar-refractivity contribution in [3.8, 4) is 51.0 Å². The summed E-state index contributed by atoms with van der Waals surface area (Å²) in [5.41, 5.74) is 13.1. The lowest BCUT2D eigenvalue weighted by atomic mass is 9.67. The van der Waals surface area contributed by atoms with Gasteiger partial charge in [0.2, 0.25) is 0 Å². The van der Waals surface area contributed by atoms with Gasteiger partial charge in [-0.05, 0) is 93.9 Å². The number of benzene rings is 8. The minimum Gasteiger partial charge on any atom is -0.461 e. The quantitative estimate of drug-likeness (QED) is 0.169. The van der Waals surface area contributed by atoms with Crippen molar-refractivity contribution in [1.29, 1.82) is 0 Å². The molecule has 0 radical (unpaired) electrons. The van der Waals surface area contributed by atoms with E-state index in [2.05, 4.69) is 181 Å². The Labute approximate surface area is 343 Å². The fourth-order valence-electron chi connectivity index (χ4n) is 9.77. The zero-order valence-electron chi connectivity index (χ0n) is 32.1. The molecule has 59 heavy (non-hydrogen) atoms. The summed E-state index contributed by atoms with van der Waals surface area (Å²) in [6.07, 6.45) is 5.45. The maximum Gasteiger partial charge on any atom is 0.178 e. The topological polar surface area (TPSA) is 30.9 Å². The standard InChI is InChI=1S/C55H37NO3/c1-3-14-36(15-4-1)37-16-13-19-41(34-37)56(42-30-31-44-43-20-8-10-23-48(43)57-52(44)35-42)40-28-26-39(27-29-40)55(38-17-5-2-6-18-38)46-22-9-7-21-45(46)53-47(55)32-33-51-54(53)59-50-25-12-11-24-49(50)58-51/h1-30,32-35,44H,31H2. The lowest BCUT2D eigenvalue weighted by molar-refractivity contribution is 0.360. The van der Waals surface area contributed by atoms with Crippen molar-refractivity contribution in [2.24, 2.45) is 0 Å².